The minimum Gasteiger partial charge on any atom is -0.312 e. The van der Waals surface area contributed by atoms with Crippen LogP contribution in [0.3, 0.4) is 0 Å². The SMILES string of the molecule is Cc1ccc(S(=O)(=O)N2CC3CCCNC3C2)cc1F. The molecule has 0 bridgehead atoms. The lowest BCUT2D eigenvalue weighted by atomic mass is 9.94. The summed E-state index contributed by atoms with van der Waals surface area (Å²) in [7, 11) is -3.58. The van der Waals surface area contributed by atoms with Gasteiger partial charge in [-0.3, -0.25) is 0 Å². The first kappa shape index (κ1) is 14.0. The van der Waals surface area contributed by atoms with Gasteiger partial charge in [0.25, 0.3) is 0 Å². The van der Waals surface area contributed by atoms with Gasteiger partial charge in [-0.05, 0) is 49.9 Å². The summed E-state index contributed by atoms with van der Waals surface area (Å²) in [4.78, 5) is 0.0549. The lowest BCUT2D eigenvalue weighted by Crippen LogP contribution is -2.41. The number of aryl methyl sites for hydroxylation is 1. The lowest BCUT2D eigenvalue weighted by Gasteiger charge is -2.24. The van der Waals surface area contributed by atoms with E-state index in [4.69, 9.17) is 0 Å². The van der Waals surface area contributed by atoms with E-state index < -0.39 is 15.8 Å². The van der Waals surface area contributed by atoms with Gasteiger partial charge in [0.05, 0.1) is 4.90 Å². The zero-order valence-electron chi connectivity index (χ0n) is 11.5. The highest BCUT2D eigenvalue weighted by Crippen LogP contribution is 2.29. The van der Waals surface area contributed by atoms with Gasteiger partial charge in [-0.25, -0.2) is 12.8 Å². The van der Waals surface area contributed by atoms with Crippen LogP contribution in [-0.4, -0.2) is 38.4 Å². The number of rotatable bonds is 2. The van der Waals surface area contributed by atoms with Crippen LogP contribution in [0.15, 0.2) is 23.1 Å². The zero-order chi connectivity index (χ0) is 14.3. The van der Waals surface area contributed by atoms with Crippen molar-refractivity contribution < 1.29 is 12.8 Å². The summed E-state index contributed by atoms with van der Waals surface area (Å²) < 4.78 is 40.2. The van der Waals surface area contributed by atoms with E-state index in [2.05, 4.69) is 5.32 Å². The second kappa shape index (κ2) is 5.09. The molecule has 1 N–H and O–H groups in total. The molecule has 0 aromatic heterocycles. The van der Waals surface area contributed by atoms with Crippen molar-refractivity contribution in [1.82, 2.24) is 9.62 Å². The Morgan fingerprint density at radius 1 is 1.35 bits per heavy atom. The fourth-order valence-corrected chi connectivity index (χ4v) is 4.62. The molecule has 2 saturated heterocycles. The average molecular weight is 298 g/mol. The zero-order valence-corrected chi connectivity index (χ0v) is 12.3. The summed E-state index contributed by atoms with van der Waals surface area (Å²) >= 11 is 0. The van der Waals surface area contributed by atoms with Gasteiger partial charge in [0.1, 0.15) is 5.82 Å². The normalized spacial score (nSPS) is 27.5. The third-order valence-electron chi connectivity index (χ3n) is 4.35. The molecule has 0 spiro atoms. The Morgan fingerprint density at radius 2 is 2.15 bits per heavy atom. The van der Waals surface area contributed by atoms with Gasteiger partial charge in [0.2, 0.25) is 10.0 Å². The summed E-state index contributed by atoms with van der Waals surface area (Å²) in [6.07, 6.45) is 2.15. The van der Waals surface area contributed by atoms with E-state index in [1.807, 2.05) is 0 Å². The Hall–Kier alpha value is -0.980. The topological polar surface area (TPSA) is 49.4 Å². The Morgan fingerprint density at radius 3 is 2.85 bits per heavy atom. The minimum atomic E-state index is -3.58. The molecule has 1 aromatic carbocycles. The predicted octanol–water partition coefficient (Wildman–Crippen LogP) is 1.51. The summed E-state index contributed by atoms with van der Waals surface area (Å²) in [6.45, 7) is 3.60. The molecular formula is C14H19FN2O2S. The van der Waals surface area contributed by atoms with E-state index in [1.165, 1.54) is 16.4 Å². The monoisotopic (exact) mass is 298 g/mol. The van der Waals surface area contributed by atoms with E-state index in [0.717, 1.165) is 25.5 Å². The molecule has 4 nitrogen and oxygen atoms in total. The Balaban J connectivity index is 1.86. The Bertz CT molecular complexity index is 604. The molecule has 2 fully saturated rings. The van der Waals surface area contributed by atoms with Gasteiger partial charge >= 0.3 is 0 Å². The van der Waals surface area contributed by atoms with Gasteiger partial charge < -0.3 is 5.32 Å². The van der Waals surface area contributed by atoms with Crippen LogP contribution in [0, 0.1) is 18.7 Å². The third-order valence-corrected chi connectivity index (χ3v) is 6.17. The maximum absolute atomic E-state index is 13.6. The minimum absolute atomic E-state index is 0.0549. The molecule has 3 rings (SSSR count). The van der Waals surface area contributed by atoms with Crippen molar-refractivity contribution in [3.05, 3.63) is 29.6 Å². The fourth-order valence-electron chi connectivity index (χ4n) is 3.09. The molecule has 0 aliphatic carbocycles. The molecule has 2 unspecified atom stereocenters. The van der Waals surface area contributed by atoms with E-state index in [9.17, 15) is 12.8 Å². The number of nitrogens with zero attached hydrogens (tertiary/aromatic N) is 1. The van der Waals surface area contributed by atoms with Crippen LogP contribution in [0.1, 0.15) is 18.4 Å². The standard InChI is InChI=1S/C14H19FN2O2S/c1-10-4-5-12(7-13(10)15)20(18,19)17-8-11-3-2-6-16-14(11)9-17/h4-5,7,11,14,16H,2-3,6,8-9H2,1H3. The maximum Gasteiger partial charge on any atom is 0.243 e. The second-order valence-electron chi connectivity index (χ2n) is 5.70. The molecule has 2 heterocycles. The number of fused-ring (bicyclic) bond motifs is 1. The highest BCUT2D eigenvalue weighted by Gasteiger charge is 2.40. The lowest BCUT2D eigenvalue weighted by molar-refractivity contribution is 0.339. The van der Waals surface area contributed by atoms with Gasteiger partial charge in [-0.1, -0.05) is 6.07 Å². The van der Waals surface area contributed by atoms with Crippen LogP contribution in [0.2, 0.25) is 0 Å². The van der Waals surface area contributed by atoms with Crippen LogP contribution >= 0.6 is 0 Å². The number of benzene rings is 1. The quantitative estimate of drug-likeness (QED) is 0.900. The van der Waals surface area contributed by atoms with Gasteiger partial charge in [0, 0.05) is 19.1 Å². The van der Waals surface area contributed by atoms with Crippen molar-refractivity contribution in [2.45, 2.75) is 30.7 Å². The summed E-state index contributed by atoms with van der Waals surface area (Å²) in [5.41, 5.74) is 0.459. The van der Waals surface area contributed by atoms with E-state index in [-0.39, 0.29) is 10.9 Å². The van der Waals surface area contributed by atoms with Crippen molar-refractivity contribution in [2.24, 2.45) is 5.92 Å². The second-order valence-corrected chi connectivity index (χ2v) is 7.63. The van der Waals surface area contributed by atoms with E-state index >= 15 is 0 Å². The molecule has 0 amide bonds. The van der Waals surface area contributed by atoms with Crippen LogP contribution in [0.5, 0.6) is 0 Å². The highest BCUT2D eigenvalue weighted by molar-refractivity contribution is 7.89. The first-order valence-corrected chi connectivity index (χ1v) is 8.42. The molecule has 20 heavy (non-hydrogen) atoms. The summed E-state index contributed by atoms with van der Waals surface area (Å²) in [6, 6.07) is 4.38. The first-order chi connectivity index (χ1) is 9.48. The van der Waals surface area contributed by atoms with Crippen molar-refractivity contribution in [2.75, 3.05) is 19.6 Å². The predicted molar refractivity (Wildman–Crippen MR) is 74.4 cm³/mol. The van der Waals surface area contributed by atoms with E-state index in [0.29, 0.717) is 24.6 Å². The van der Waals surface area contributed by atoms with Gasteiger partial charge in [-0.2, -0.15) is 4.31 Å². The largest absolute Gasteiger partial charge is 0.312 e. The number of hydrogen-bond donors (Lipinski definition) is 1. The molecule has 0 saturated carbocycles. The molecule has 110 valence electrons. The molecule has 2 aliphatic heterocycles. The number of nitrogens with one attached hydrogen (secondary N) is 1. The Labute approximate surface area is 119 Å². The molecule has 2 aliphatic rings. The number of hydrogen-bond acceptors (Lipinski definition) is 3. The van der Waals surface area contributed by atoms with Crippen LogP contribution in [-0.2, 0) is 10.0 Å². The summed E-state index contributed by atoms with van der Waals surface area (Å²) in [5.74, 6) is -0.0883. The van der Waals surface area contributed by atoms with Crippen molar-refractivity contribution in [1.29, 1.82) is 0 Å². The average Bonchev–Trinajstić information content (AvgIpc) is 2.86. The fraction of sp³-hybridized carbons (Fsp3) is 0.571. The number of halogens is 1. The third kappa shape index (κ3) is 2.36. The number of piperidine rings is 1. The van der Waals surface area contributed by atoms with Crippen molar-refractivity contribution in [3.63, 3.8) is 0 Å². The molecule has 0 radical (unpaired) electrons. The smallest absolute Gasteiger partial charge is 0.243 e. The van der Waals surface area contributed by atoms with Crippen molar-refractivity contribution >= 4 is 10.0 Å². The van der Waals surface area contributed by atoms with Crippen LogP contribution in [0.25, 0.3) is 0 Å². The molecular weight excluding hydrogens is 279 g/mol. The summed E-state index contributed by atoms with van der Waals surface area (Å²) in [5, 5.41) is 3.37. The van der Waals surface area contributed by atoms with Gasteiger partial charge in [0.15, 0.2) is 0 Å². The molecule has 6 heteroatoms. The first-order valence-electron chi connectivity index (χ1n) is 6.98. The van der Waals surface area contributed by atoms with Gasteiger partial charge in [-0.15, -0.1) is 0 Å². The Kier molecular flexibility index (Phi) is 3.56. The van der Waals surface area contributed by atoms with Crippen LogP contribution < -0.4 is 5.32 Å². The number of sulfonamides is 1. The van der Waals surface area contributed by atoms with Crippen LogP contribution in [0.4, 0.5) is 4.39 Å². The molecule has 2 atom stereocenters. The maximum atomic E-state index is 13.6. The molecule has 1 aromatic rings. The van der Waals surface area contributed by atoms with Crippen molar-refractivity contribution in [3.8, 4) is 0 Å². The highest BCUT2D eigenvalue weighted by atomic mass is 32.2. The van der Waals surface area contributed by atoms with E-state index in [1.54, 1.807) is 6.92 Å².